The summed E-state index contributed by atoms with van der Waals surface area (Å²) >= 11 is 5.86. The number of nitrogens with one attached hydrogen (secondary N) is 1. The lowest BCUT2D eigenvalue weighted by Gasteiger charge is -2.22. The van der Waals surface area contributed by atoms with Crippen molar-refractivity contribution in [2.24, 2.45) is 11.1 Å². The van der Waals surface area contributed by atoms with E-state index in [1.54, 1.807) is 24.3 Å². The van der Waals surface area contributed by atoms with Gasteiger partial charge in [-0.05, 0) is 66.9 Å². The summed E-state index contributed by atoms with van der Waals surface area (Å²) in [5.41, 5.74) is 8.69. The molecule has 140 valence electrons. The van der Waals surface area contributed by atoms with E-state index in [4.69, 9.17) is 17.3 Å². The number of likely N-dealkylation sites (tertiary alicyclic amines) is 1. The Hall–Kier alpha value is -1.59. The van der Waals surface area contributed by atoms with Crippen molar-refractivity contribution in [2.45, 2.75) is 19.9 Å². The van der Waals surface area contributed by atoms with Crippen LogP contribution in [0.4, 0.5) is 5.69 Å². The van der Waals surface area contributed by atoms with Crippen LogP contribution in [0, 0.1) is 5.41 Å². The summed E-state index contributed by atoms with van der Waals surface area (Å²) in [7, 11) is 0. The van der Waals surface area contributed by atoms with E-state index in [9.17, 15) is 4.79 Å². The lowest BCUT2D eigenvalue weighted by atomic mass is 9.90. The zero-order valence-electron chi connectivity index (χ0n) is 14.9. The van der Waals surface area contributed by atoms with Crippen LogP contribution in [0.1, 0.15) is 29.3 Å². The highest BCUT2D eigenvalue weighted by atomic mass is 35.5. The number of carbonyl (C=O) groups is 1. The number of carbonyl (C=O) groups excluding carboxylic acids is 1. The monoisotopic (exact) mass is 393 g/mol. The summed E-state index contributed by atoms with van der Waals surface area (Å²) in [6.45, 7) is 5.93. The van der Waals surface area contributed by atoms with Gasteiger partial charge in [0.25, 0.3) is 5.91 Å². The Kier molecular flexibility index (Phi) is 7.07. The van der Waals surface area contributed by atoms with Gasteiger partial charge in [-0.3, -0.25) is 9.69 Å². The zero-order chi connectivity index (χ0) is 17.9. The number of nitrogens with zero attached hydrogens (tertiary/aromatic N) is 1. The van der Waals surface area contributed by atoms with Crippen molar-refractivity contribution in [2.75, 3.05) is 25.0 Å². The van der Waals surface area contributed by atoms with Crippen LogP contribution >= 0.6 is 24.0 Å². The summed E-state index contributed by atoms with van der Waals surface area (Å²) in [4.78, 5) is 14.8. The molecular weight excluding hydrogens is 369 g/mol. The Balaban J connectivity index is 0.00000243. The Morgan fingerprint density at radius 1 is 1.27 bits per heavy atom. The lowest BCUT2D eigenvalue weighted by molar-refractivity contribution is 0.102. The van der Waals surface area contributed by atoms with Gasteiger partial charge in [-0.2, -0.15) is 0 Å². The Morgan fingerprint density at radius 2 is 2.00 bits per heavy atom. The summed E-state index contributed by atoms with van der Waals surface area (Å²) in [5, 5.41) is 3.57. The SMILES string of the molecule is CC1(CN)CCN(Cc2cccc(NC(=O)c3ccc(Cl)cc3)c2)C1.Cl. The fraction of sp³-hybridized carbons (Fsp3) is 0.350. The molecular formula is C20H25Cl2N3O. The molecule has 2 aromatic carbocycles. The fourth-order valence-corrected chi connectivity index (χ4v) is 3.36. The number of anilines is 1. The molecule has 1 saturated heterocycles. The van der Waals surface area contributed by atoms with Gasteiger partial charge < -0.3 is 11.1 Å². The van der Waals surface area contributed by atoms with E-state index in [1.807, 2.05) is 18.2 Å². The molecule has 3 N–H and O–H groups in total. The van der Waals surface area contributed by atoms with Gasteiger partial charge in [-0.15, -0.1) is 12.4 Å². The second-order valence-electron chi connectivity index (χ2n) is 7.14. The summed E-state index contributed by atoms with van der Waals surface area (Å²) < 4.78 is 0. The molecule has 0 aromatic heterocycles. The molecule has 1 aliphatic heterocycles. The molecule has 1 unspecified atom stereocenters. The molecule has 1 aliphatic rings. The molecule has 6 heteroatoms. The van der Waals surface area contributed by atoms with Crippen molar-refractivity contribution in [3.05, 3.63) is 64.7 Å². The minimum absolute atomic E-state index is 0. The van der Waals surface area contributed by atoms with E-state index >= 15 is 0 Å². The van der Waals surface area contributed by atoms with Gasteiger partial charge in [0.15, 0.2) is 0 Å². The minimum Gasteiger partial charge on any atom is -0.330 e. The van der Waals surface area contributed by atoms with Gasteiger partial charge in [0.05, 0.1) is 0 Å². The van der Waals surface area contributed by atoms with Crippen molar-refractivity contribution >= 4 is 35.6 Å². The number of rotatable bonds is 5. The summed E-state index contributed by atoms with van der Waals surface area (Å²) in [6.07, 6.45) is 1.14. The van der Waals surface area contributed by atoms with Crippen LogP contribution in [0.25, 0.3) is 0 Å². The van der Waals surface area contributed by atoms with E-state index in [0.29, 0.717) is 10.6 Å². The number of amides is 1. The second-order valence-corrected chi connectivity index (χ2v) is 7.57. The van der Waals surface area contributed by atoms with Crippen LogP contribution in [-0.2, 0) is 6.54 Å². The molecule has 0 radical (unpaired) electrons. The van der Waals surface area contributed by atoms with Gasteiger partial charge >= 0.3 is 0 Å². The van der Waals surface area contributed by atoms with Crippen molar-refractivity contribution < 1.29 is 4.79 Å². The molecule has 1 atom stereocenters. The first-order chi connectivity index (χ1) is 12.0. The second kappa shape index (κ2) is 8.87. The van der Waals surface area contributed by atoms with Crippen LogP contribution < -0.4 is 11.1 Å². The third kappa shape index (κ3) is 5.21. The average molecular weight is 394 g/mol. The Bertz CT molecular complexity index is 751. The first-order valence-electron chi connectivity index (χ1n) is 8.56. The molecule has 26 heavy (non-hydrogen) atoms. The van der Waals surface area contributed by atoms with Crippen LogP contribution in [0.3, 0.4) is 0 Å². The van der Waals surface area contributed by atoms with Crippen molar-refractivity contribution in [3.8, 4) is 0 Å². The molecule has 1 amide bonds. The van der Waals surface area contributed by atoms with E-state index < -0.39 is 0 Å². The maximum atomic E-state index is 12.3. The lowest BCUT2D eigenvalue weighted by Crippen LogP contribution is -2.31. The van der Waals surface area contributed by atoms with Crippen molar-refractivity contribution in [3.63, 3.8) is 0 Å². The largest absolute Gasteiger partial charge is 0.330 e. The molecule has 0 aliphatic carbocycles. The first kappa shape index (κ1) is 20.7. The number of nitrogens with two attached hydrogens (primary N) is 1. The summed E-state index contributed by atoms with van der Waals surface area (Å²) in [5.74, 6) is -0.134. The van der Waals surface area contributed by atoms with Crippen LogP contribution in [0.2, 0.25) is 5.02 Å². The fourth-order valence-electron chi connectivity index (χ4n) is 3.24. The maximum Gasteiger partial charge on any atom is 0.255 e. The van der Waals surface area contributed by atoms with Crippen molar-refractivity contribution in [1.29, 1.82) is 0 Å². The third-order valence-electron chi connectivity index (χ3n) is 4.83. The van der Waals surface area contributed by atoms with Gasteiger partial charge in [-0.1, -0.05) is 30.7 Å². The number of hydrogen-bond donors (Lipinski definition) is 2. The van der Waals surface area contributed by atoms with Gasteiger partial charge in [0, 0.05) is 29.4 Å². The molecule has 4 nitrogen and oxygen atoms in total. The minimum atomic E-state index is -0.134. The molecule has 0 bridgehead atoms. The van der Waals surface area contributed by atoms with Crippen LogP contribution in [0.5, 0.6) is 0 Å². The van der Waals surface area contributed by atoms with Crippen LogP contribution in [-0.4, -0.2) is 30.4 Å². The summed E-state index contributed by atoms with van der Waals surface area (Å²) in [6, 6.07) is 14.9. The van der Waals surface area contributed by atoms with Crippen molar-refractivity contribution in [1.82, 2.24) is 4.90 Å². The molecule has 1 heterocycles. The molecule has 2 aromatic rings. The van der Waals surface area contributed by atoms with E-state index in [1.165, 1.54) is 5.56 Å². The smallest absolute Gasteiger partial charge is 0.255 e. The van der Waals surface area contributed by atoms with Gasteiger partial charge in [-0.25, -0.2) is 0 Å². The Labute approximate surface area is 166 Å². The van der Waals surface area contributed by atoms with E-state index in [0.717, 1.165) is 38.3 Å². The normalized spacial score (nSPS) is 19.8. The topological polar surface area (TPSA) is 58.4 Å². The number of benzene rings is 2. The van der Waals surface area contributed by atoms with E-state index in [2.05, 4.69) is 23.2 Å². The van der Waals surface area contributed by atoms with E-state index in [-0.39, 0.29) is 23.7 Å². The first-order valence-corrected chi connectivity index (χ1v) is 8.93. The molecule has 0 saturated carbocycles. The Morgan fingerprint density at radius 3 is 2.65 bits per heavy atom. The molecule has 0 spiro atoms. The predicted octanol–water partition coefficient (Wildman–Crippen LogP) is 4.18. The molecule has 1 fully saturated rings. The number of hydrogen-bond acceptors (Lipinski definition) is 3. The highest BCUT2D eigenvalue weighted by molar-refractivity contribution is 6.30. The standard InChI is InChI=1S/C20H24ClN3O.ClH/c1-20(13-22)9-10-24(14-20)12-15-3-2-4-18(11-15)23-19(25)16-5-7-17(21)8-6-16;/h2-8,11H,9-10,12-14,22H2,1H3,(H,23,25);1H. The predicted molar refractivity (Wildman–Crippen MR) is 110 cm³/mol. The average Bonchev–Trinajstić information content (AvgIpc) is 2.97. The van der Waals surface area contributed by atoms with Crippen LogP contribution in [0.15, 0.2) is 48.5 Å². The molecule has 3 rings (SSSR count). The quantitative estimate of drug-likeness (QED) is 0.800. The zero-order valence-corrected chi connectivity index (χ0v) is 16.4. The van der Waals surface area contributed by atoms with Gasteiger partial charge in [0.2, 0.25) is 0 Å². The highest BCUT2D eigenvalue weighted by Gasteiger charge is 2.32. The van der Waals surface area contributed by atoms with Gasteiger partial charge in [0.1, 0.15) is 0 Å². The third-order valence-corrected chi connectivity index (χ3v) is 5.08. The highest BCUT2D eigenvalue weighted by Crippen LogP contribution is 2.29. The number of halogens is 2. The maximum absolute atomic E-state index is 12.3.